The zero-order valence-electron chi connectivity index (χ0n) is 16.6. The van der Waals surface area contributed by atoms with E-state index in [2.05, 4.69) is 24.4 Å². The number of para-hydroxylation sites is 1. The molecule has 5 nitrogen and oxygen atoms in total. The predicted molar refractivity (Wildman–Crippen MR) is 112 cm³/mol. The number of aliphatic hydroxyl groups is 1. The summed E-state index contributed by atoms with van der Waals surface area (Å²) in [6.45, 7) is 5.98. The lowest BCUT2D eigenvalue weighted by Crippen LogP contribution is -2.37. The smallest absolute Gasteiger partial charge is 0.255 e. The number of aliphatic hydroxyl groups excluding tert-OH is 1. The Kier molecular flexibility index (Phi) is 6.26. The molecule has 1 heterocycles. The van der Waals surface area contributed by atoms with Crippen molar-refractivity contribution in [3.63, 3.8) is 0 Å². The Labute approximate surface area is 166 Å². The van der Waals surface area contributed by atoms with Crippen LogP contribution in [0.3, 0.4) is 0 Å². The second-order valence-electron chi connectivity index (χ2n) is 6.93. The van der Waals surface area contributed by atoms with E-state index < -0.39 is 0 Å². The highest BCUT2D eigenvalue weighted by Crippen LogP contribution is 2.25. The molecule has 146 valence electrons. The largest absolute Gasteiger partial charge is 0.394 e. The topological polar surface area (TPSA) is 67.2 Å². The monoisotopic (exact) mass is 377 g/mol. The summed E-state index contributed by atoms with van der Waals surface area (Å²) in [7, 11) is 0. The third kappa shape index (κ3) is 4.15. The zero-order valence-corrected chi connectivity index (χ0v) is 16.6. The Bertz CT molecular complexity index is 941. The minimum atomic E-state index is -0.273. The van der Waals surface area contributed by atoms with Crippen LogP contribution in [0.15, 0.2) is 54.7 Å². The lowest BCUT2D eigenvalue weighted by Gasteiger charge is -2.13. The minimum absolute atomic E-state index is 0.0886. The first-order chi connectivity index (χ1) is 13.6. The first-order valence-electron chi connectivity index (χ1n) is 9.74. The van der Waals surface area contributed by atoms with Crippen LogP contribution in [0, 0.1) is 6.92 Å². The predicted octanol–water partition coefficient (Wildman–Crippen LogP) is 3.91. The van der Waals surface area contributed by atoms with Gasteiger partial charge in [-0.3, -0.25) is 4.79 Å². The minimum Gasteiger partial charge on any atom is -0.394 e. The number of carbonyl (C=O) groups excluding carboxylic acids is 1. The highest BCUT2D eigenvalue weighted by Gasteiger charge is 2.21. The Morgan fingerprint density at radius 1 is 1.14 bits per heavy atom. The van der Waals surface area contributed by atoms with Gasteiger partial charge in [-0.25, -0.2) is 4.68 Å². The maximum Gasteiger partial charge on any atom is 0.255 e. The van der Waals surface area contributed by atoms with Gasteiger partial charge in [-0.1, -0.05) is 56.3 Å². The van der Waals surface area contributed by atoms with Crippen molar-refractivity contribution in [2.75, 3.05) is 6.61 Å². The molecular weight excluding hydrogens is 350 g/mol. The van der Waals surface area contributed by atoms with Crippen LogP contribution < -0.4 is 5.32 Å². The molecule has 0 spiro atoms. The fourth-order valence-corrected chi connectivity index (χ4v) is 3.14. The number of rotatable bonds is 7. The summed E-state index contributed by atoms with van der Waals surface area (Å²) in [4.78, 5) is 12.9. The molecule has 0 fully saturated rings. The fraction of sp³-hybridized carbons (Fsp3) is 0.304. The molecule has 0 aliphatic heterocycles. The molecule has 0 radical (unpaired) electrons. The van der Waals surface area contributed by atoms with E-state index in [1.807, 2.05) is 50.2 Å². The van der Waals surface area contributed by atoms with E-state index >= 15 is 0 Å². The number of hydrogen-bond donors (Lipinski definition) is 2. The van der Waals surface area contributed by atoms with E-state index in [-0.39, 0.29) is 18.6 Å². The second kappa shape index (κ2) is 8.85. The molecule has 28 heavy (non-hydrogen) atoms. The number of benzene rings is 2. The number of carbonyl (C=O) groups is 1. The van der Waals surface area contributed by atoms with E-state index in [9.17, 15) is 9.90 Å². The molecule has 0 saturated heterocycles. The molecule has 0 bridgehead atoms. The summed E-state index contributed by atoms with van der Waals surface area (Å²) in [5.41, 5.74) is 5.27. The number of nitrogens with zero attached hydrogens (tertiary/aromatic N) is 2. The van der Waals surface area contributed by atoms with Crippen molar-refractivity contribution in [1.29, 1.82) is 0 Å². The third-order valence-electron chi connectivity index (χ3n) is 5.01. The third-order valence-corrected chi connectivity index (χ3v) is 5.01. The number of nitrogens with one attached hydrogen (secondary N) is 1. The summed E-state index contributed by atoms with van der Waals surface area (Å²) < 4.78 is 1.76. The van der Waals surface area contributed by atoms with Crippen molar-refractivity contribution in [2.24, 2.45) is 0 Å². The van der Waals surface area contributed by atoms with Crippen molar-refractivity contribution >= 4 is 5.91 Å². The first-order valence-corrected chi connectivity index (χ1v) is 9.74. The van der Waals surface area contributed by atoms with Crippen LogP contribution in [0.4, 0.5) is 0 Å². The van der Waals surface area contributed by atoms with Crippen molar-refractivity contribution in [1.82, 2.24) is 15.1 Å². The van der Waals surface area contributed by atoms with E-state index in [0.29, 0.717) is 17.7 Å². The van der Waals surface area contributed by atoms with Crippen molar-refractivity contribution < 1.29 is 9.90 Å². The van der Waals surface area contributed by atoms with Crippen LogP contribution >= 0.6 is 0 Å². The summed E-state index contributed by atoms with van der Waals surface area (Å²) in [5, 5.41) is 17.1. The Morgan fingerprint density at radius 2 is 1.86 bits per heavy atom. The maximum absolute atomic E-state index is 12.9. The van der Waals surface area contributed by atoms with E-state index in [4.69, 9.17) is 5.10 Å². The number of amides is 1. The Balaban J connectivity index is 2.07. The van der Waals surface area contributed by atoms with Gasteiger partial charge in [-0.05, 0) is 37.0 Å². The molecule has 2 aromatic carbocycles. The summed E-state index contributed by atoms with van der Waals surface area (Å²) >= 11 is 0. The molecule has 2 N–H and O–H groups in total. The van der Waals surface area contributed by atoms with E-state index in [0.717, 1.165) is 23.2 Å². The molecule has 1 unspecified atom stereocenters. The molecule has 0 aliphatic carbocycles. The van der Waals surface area contributed by atoms with Gasteiger partial charge in [0.05, 0.1) is 23.9 Å². The Morgan fingerprint density at radius 3 is 2.46 bits per heavy atom. The lowest BCUT2D eigenvalue weighted by molar-refractivity contribution is 0.0915. The second-order valence-corrected chi connectivity index (χ2v) is 6.93. The molecule has 1 amide bonds. The Hall–Kier alpha value is -2.92. The quantitative estimate of drug-likeness (QED) is 0.656. The molecular formula is C23H27N3O2. The number of hydrogen-bond acceptors (Lipinski definition) is 3. The van der Waals surface area contributed by atoms with Gasteiger partial charge in [0.15, 0.2) is 0 Å². The highest BCUT2D eigenvalue weighted by molar-refractivity contribution is 6.00. The van der Waals surface area contributed by atoms with Gasteiger partial charge in [0.25, 0.3) is 5.91 Å². The van der Waals surface area contributed by atoms with Gasteiger partial charge >= 0.3 is 0 Å². The first kappa shape index (κ1) is 19.8. The molecule has 0 saturated carbocycles. The molecule has 3 aromatic rings. The standard InChI is InChI=1S/C23H27N3O2/c1-4-17-10-12-18(13-11-17)22-20(23(28)24-19(5-2)15-27)14-26(25-22)21-9-7-6-8-16(21)3/h6-14,19,27H,4-5,15H2,1-3H3,(H,24,28). The summed E-state index contributed by atoms with van der Waals surface area (Å²) in [6, 6.07) is 15.8. The van der Waals surface area contributed by atoms with Crippen LogP contribution in [-0.4, -0.2) is 33.4 Å². The van der Waals surface area contributed by atoms with Gasteiger partial charge in [-0.15, -0.1) is 0 Å². The van der Waals surface area contributed by atoms with E-state index in [1.165, 1.54) is 5.56 Å². The van der Waals surface area contributed by atoms with Gasteiger partial charge in [0.2, 0.25) is 0 Å². The molecule has 1 aromatic heterocycles. The average molecular weight is 377 g/mol. The van der Waals surface area contributed by atoms with Gasteiger partial charge in [0.1, 0.15) is 5.69 Å². The van der Waals surface area contributed by atoms with Gasteiger partial charge in [0, 0.05) is 11.8 Å². The van der Waals surface area contributed by atoms with Crippen molar-refractivity contribution in [2.45, 2.75) is 39.7 Å². The SMILES string of the molecule is CCc1ccc(-c2nn(-c3ccccc3C)cc2C(=O)NC(CC)CO)cc1. The van der Waals surface area contributed by atoms with E-state index in [1.54, 1.807) is 10.9 Å². The number of aromatic nitrogens is 2. The average Bonchev–Trinajstić information content (AvgIpc) is 3.17. The molecule has 3 rings (SSSR count). The van der Waals surface area contributed by atoms with Crippen molar-refractivity contribution in [3.05, 3.63) is 71.4 Å². The van der Waals surface area contributed by atoms with Crippen LogP contribution in [0.2, 0.25) is 0 Å². The summed E-state index contributed by atoms with van der Waals surface area (Å²) in [5.74, 6) is -0.227. The van der Waals surface area contributed by atoms with Crippen LogP contribution in [-0.2, 0) is 6.42 Å². The highest BCUT2D eigenvalue weighted by atomic mass is 16.3. The number of aryl methyl sites for hydroxylation is 2. The molecule has 0 aliphatic rings. The van der Waals surface area contributed by atoms with Gasteiger partial charge < -0.3 is 10.4 Å². The van der Waals surface area contributed by atoms with Crippen LogP contribution in [0.1, 0.15) is 41.8 Å². The molecule has 5 heteroatoms. The molecule has 1 atom stereocenters. The lowest BCUT2D eigenvalue weighted by atomic mass is 10.0. The van der Waals surface area contributed by atoms with Gasteiger partial charge in [-0.2, -0.15) is 5.10 Å². The van der Waals surface area contributed by atoms with Crippen molar-refractivity contribution in [3.8, 4) is 16.9 Å². The zero-order chi connectivity index (χ0) is 20.1. The van der Waals surface area contributed by atoms with Crippen LogP contribution in [0.25, 0.3) is 16.9 Å². The fourth-order valence-electron chi connectivity index (χ4n) is 3.14. The normalized spacial score (nSPS) is 12.0. The maximum atomic E-state index is 12.9. The van der Waals surface area contributed by atoms with Crippen LogP contribution in [0.5, 0.6) is 0 Å². The summed E-state index contributed by atoms with van der Waals surface area (Å²) in [6.07, 6.45) is 3.39.